The molecule has 4 aromatic rings. The summed E-state index contributed by atoms with van der Waals surface area (Å²) in [6.07, 6.45) is 6.85. The van der Waals surface area contributed by atoms with Crippen LogP contribution in [0, 0.1) is 24.1 Å². The van der Waals surface area contributed by atoms with Gasteiger partial charge in [-0.05, 0) is 76.3 Å². The van der Waals surface area contributed by atoms with E-state index in [1.165, 1.54) is 44.5 Å². The van der Waals surface area contributed by atoms with Crippen LogP contribution in [0.5, 0.6) is 0 Å². The van der Waals surface area contributed by atoms with Crippen LogP contribution in [0.3, 0.4) is 0 Å². The third kappa shape index (κ3) is 4.75. The lowest BCUT2D eigenvalue weighted by Crippen LogP contribution is -2.24. The Bertz CT molecular complexity index is 1370. The third-order valence-electron chi connectivity index (χ3n) is 6.04. The second-order valence-electron chi connectivity index (χ2n) is 8.58. The van der Waals surface area contributed by atoms with Crippen molar-refractivity contribution in [1.29, 1.82) is 5.26 Å². The molecule has 0 spiro atoms. The van der Waals surface area contributed by atoms with Gasteiger partial charge in [0, 0.05) is 29.9 Å². The molecule has 1 fully saturated rings. The predicted octanol–water partition coefficient (Wildman–Crippen LogP) is 4.66. The Labute approximate surface area is 198 Å². The van der Waals surface area contributed by atoms with Gasteiger partial charge in [-0.2, -0.15) is 10.4 Å². The van der Waals surface area contributed by atoms with Gasteiger partial charge in [0.15, 0.2) is 6.29 Å². The number of hydrogen-bond acceptors (Lipinski definition) is 5. The van der Waals surface area contributed by atoms with Crippen molar-refractivity contribution in [2.24, 2.45) is 7.05 Å². The topological polar surface area (TPSA) is 79.7 Å². The van der Waals surface area contributed by atoms with E-state index >= 15 is 0 Å². The molecule has 0 unspecified atom stereocenters. The Balaban J connectivity index is 0.000000336. The smallest absolute Gasteiger partial charge is 0.170 e. The number of fused-ring (bicyclic) bond motifs is 1. The molecule has 5 rings (SSSR count). The van der Waals surface area contributed by atoms with Crippen LogP contribution < -0.4 is 0 Å². The van der Waals surface area contributed by atoms with Gasteiger partial charge >= 0.3 is 0 Å². The molecule has 0 aliphatic carbocycles. The Morgan fingerprint density at radius 1 is 1.09 bits per heavy atom. The van der Waals surface area contributed by atoms with Gasteiger partial charge < -0.3 is 4.90 Å². The number of aldehydes is 1. The highest BCUT2D eigenvalue weighted by atomic mass is 19.1. The first-order valence-electron chi connectivity index (χ1n) is 11.3. The molecule has 1 saturated heterocycles. The summed E-state index contributed by atoms with van der Waals surface area (Å²) in [5.41, 5.74) is 3.00. The summed E-state index contributed by atoms with van der Waals surface area (Å²) >= 11 is 0. The first-order valence-corrected chi connectivity index (χ1v) is 11.3. The summed E-state index contributed by atoms with van der Waals surface area (Å²) < 4.78 is 17.7. The monoisotopic (exact) mass is 458 g/mol. The summed E-state index contributed by atoms with van der Waals surface area (Å²) in [7, 11) is 4.04. The van der Waals surface area contributed by atoms with Crippen molar-refractivity contribution in [3.63, 3.8) is 0 Å². The van der Waals surface area contributed by atoms with Crippen molar-refractivity contribution < 1.29 is 9.18 Å². The maximum absolute atomic E-state index is 14.1. The number of aromatic nitrogens is 4. The van der Waals surface area contributed by atoms with Crippen LogP contribution in [-0.2, 0) is 7.05 Å². The predicted molar refractivity (Wildman–Crippen MR) is 129 cm³/mol. The number of likely N-dealkylation sites (tertiary alicyclic amines) is 1. The Kier molecular flexibility index (Phi) is 6.85. The van der Waals surface area contributed by atoms with E-state index < -0.39 is 5.82 Å². The van der Waals surface area contributed by atoms with Gasteiger partial charge in [-0.1, -0.05) is 6.42 Å². The van der Waals surface area contributed by atoms with E-state index in [-0.39, 0.29) is 11.3 Å². The molecular formula is C26H27FN6O. The van der Waals surface area contributed by atoms with Crippen LogP contribution >= 0.6 is 0 Å². The fourth-order valence-corrected chi connectivity index (χ4v) is 4.21. The molecular weight excluding hydrogens is 431 g/mol. The lowest BCUT2D eigenvalue weighted by molar-refractivity contribution is 0.111. The van der Waals surface area contributed by atoms with Crippen molar-refractivity contribution in [3.8, 4) is 23.1 Å². The Morgan fingerprint density at radius 3 is 2.47 bits per heavy atom. The number of benzene rings is 2. The lowest BCUT2D eigenvalue weighted by Gasteiger charge is -2.20. The number of nitrogens with zero attached hydrogens (tertiary/aromatic N) is 6. The zero-order valence-corrected chi connectivity index (χ0v) is 19.6. The minimum absolute atomic E-state index is 0.0408. The fourth-order valence-electron chi connectivity index (χ4n) is 4.21. The summed E-state index contributed by atoms with van der Waals surface area (Å²) in [5.74, 6) is -0.196. The molecule has 1 aliphatic heterocycles. The first-order chi connectivity index (χ1) is 16.4. The van der Waals surface area contributed by atoms with Crippen molar-refractivity contribution in [2.75, 3.05) is 20.1 Å². The number of hydrogen-bond donors (Lipinski definition) is 0. The molecule has 8 heteroatoms. The molecule has 2 aromatic carbocycles. The van der Waals surface area contributed by atoms with E-state index in [1.807, 2.05) is 31.4 Å². The zero-order chi connectivity index (χ0) is 24.2. The number of aryl methyl sites for hydroxylation is 1. The highest BCUT2D eigenvalue weighted by molar-refractivity contribution is 5.82. The quantitative estimate of drug-likeness (QED) is 0.417. The Morgan fingerprint density at radius 2 is 1.85 bits per heavy atom. The highest BCUT2D eigenvalue weighted by Crippen LogP contribution is 2.28. The zero-order valence-electron chi connectivity index (χ0n) is 19.6. The molecule has 7 nitrogen and oxygen atoms in total. The summed E-state index contributed by atoms with van der Waals surface area (Å²) in [6, 6.07) is 11.8. The molecule has 2 aromatic heterocycles. The van der Waals surface area contributed by atoms with E-state index in [0.29, 0.717) is 23.4 Å². The molecule has 0 radical (unpaired) electrons. The lowest BCUT2D eigenvalue weighted by atomic mass is 10.1. The number of carbonyl (C=O) groups is 1. The minimum Gasteiger partial charge on any atom is -0.306 e. The largest absolute Gasteiger partial charge is 0.306 e. The SMILES string of the molecule is CN1CCCCC1.Cc1c(C=O)nc(-c2ccc(C#N)c(F)c2)n1-c1ccc2nn(C)cc2c1. The Hall–Kier alpha value is -3.83. The van der Waals surface area contributed by atoms with Crippen molar-refractivity contribution in [2.45, 2.75) is 26.2 Å². The van der Waals surface area contributed by atoms with Crippen LogP contribution in [-0.4, -0.2) is 50.7 Å². The van der Waals surface area contributed by atoms with Crippen molar-refractivity contribution in [3.05, 3.63) is 65.4 Å². The van der Waals surface area contributed by atoms with Gasteiger partial charge in [0.2, 0.25) is 0 Å². The van der Waals surface area contributed by atoms with E-state index in [0.717, 1.165) is 16.6 Å². The van der Waals surface area contributed by atoms with E-state index in [1.54, 1.807) is 28.3 Å². The van der Waals surface area contributed by atoms with E-state index in [4.69, 9.17) is 5.26 Å². The van der Waals surface area contributed by atoms with Crippen LogP contribution in [0.4, 0.5) is 4.39 Å². The number of carbonyl (C=O) groups excluding carboxylic acids is 1. The van der Waals surface area contributed by atoms with Gasteiger partial charge in [-0.15, -0.1) is 0 Å². The maximum Gasteiger partial charge on any atom is 0.170 e. The van der Waals surface area contributed by atoms with Crippen LogP contribution in [0.2, 0.25) is 0 Å². The van der Waals surface area contributed by atoms with Crippen LogP contribution in [0.15, 0.2) is 42.6 Å². The number of piperidine rings is 1. The molecule has 0 N–H and O–H groups in total. The number of imidazole rings is 1. The molecule has 3 heterocycles. The van der Waals surface area contributed by atoms with Crippen LogP contribution in [0.1, 0.15) is 41.0 Å². The van der Waals surface area contributed by atoms with Crippen LogP contribution in [0.25, 0.3) is 28.0 Å². The first kappa shape index (κ1) is 23.3. The standard InChI is InChI=1S/C20H14FN5O.C6H13N/c1-12-19(11-27)23-20(13-3-4-14(9-22)17(21)8-13)26(12)16-5-6-18-15(7-16)10-25(2)24-18;1-7-5-3-2-4-6-7/h3-8,10-11H,1-2H3;2-6H2,1H3. The average Bonchev–Trinajstić information content (AvgIpc) is 3.37. The summed E-state index contributed by atoms with van der Waals surface area (Å²) in [6.45, 7) is 4.42. The third-order valence-corrected chi connectivity index (χ3v) is 6.04. The highest BCUT2D eigenvalue weighted by Gasteiger charge is 2.18. The summed E-state index contributed by atoms with van der Waals surface area (Å²) in [5, 5.41) is 14.2. The van der Waals surface area contributed by atoms with E-state index in [2.05, 4.69) is 22.0 Å². The molecule has 0 bridgehead atoms. The average molecular weight is 459 g/mol. The maximum atomic E-state index is 14.1. The van der Waals surface area contributed by atoms with Gasteiger partial charge in [0.1, 0.15) is 23.4 Å². The van der Waals surface area contributed by atoms with E-state index in [9.17, 15) is 9.18 Å². The molecule has 174 valence electrons. The second kappa shape index (κ2) is 9.98. The van der Waals surface area contributed by atoms with Crippen molar-refractivity contribution in [1.82, 2.24) is 24.2 Å². The number of halogens is 1. The second-order valence-corrected chi connectivity index (χ2v) is 8.58. The van der Waals surface area contributed by atoms with Crippen molar-refractivity contribution >= 4 is 17.2 Å². The normalized spacial score (nSPS) is 13.9. The molecule has 0 saturated carbocycles. The number of rotatable bonds is 3. The molecule has 1 aliphatic rings. The number of nitriles is 1. The fraction of sp³-hybridized carbons (Fsp3) is 0.308. The summed E-state index contributed by atoms with van der Waals surface area (Å²) in [4.78, 5) is 18.2. The molecule has 0 amide bonds. The molecule has 34 heavy (non-hydrogen) atoms. The van der Waals surface area contributed by atoms with Gasteiger partial charge in [-0.3, -0.25) is 14.0 Å². The molecule has 0 atom stereocenters. The van der Waals surface area contributed by atoms with Gasteiger partial charge in [0.05, 0.1) is 16.8 Å². The minimum atomic E-state index is -0.627. The van der Waals surface area contributed by atoms with Gasteiger partial charge in [-0.25, -0.2) is 9.37 Å². The van der Waals surface area contributed by atoms with Gasteiger partial charge in [0.25, 0.3) is 0 Å².